The van der Waals surface area contributed by atoms with Crippen LogP contribution >= 0.6 is 0 Å². The number of nitrogen functional groups attached to an aromatic ring is 1. The maximum atomic E-state index is 13.1. The molecule has 1 unspecified atom stereocenters. The molecular formula is C21H29F3N6O4. The van der Waals surface area contributed by atoms with E-state index in [1.165, 1.54) is 0 Å². The molecule has 3 aliphatic rings. The molecule has 2 aliphatic carbocycles. The topological polar surface area (TPSA) is 159 Å². The number of aromatic nitrogens is 2. The zero-order chi connectivity index (χ0) is 25.1. The van der Waals surface area contributed by atoms with Gasteiger partial charge < -0.3 is 15.9 Å². The zero-order valence-corrected chi connectivity index (χ0v) is 18.8. The number of aromatic hydroxyl groups is 1. The molecule has 6 N–H and O–H groups in total. The molecule has 2 heterocycles. The Morgan fingerprint density at radius 2 is 1.91 bits per heavy atom. The SMILES string of the molecule is CC1=NC2(CC3(CCC(n4c(=O)c(C(=N)N)c(O)n(CCCC(F)(F)F)c4=O)CC3)C2)NC1O. The molecule has 2 fully saturated rings. The van der Waals surface area contributed by atoms with Gasteiger partial charge in [0.25, 0.3) is 5.56 Å². The van der Waals surface area contributed by atoms with Crippen molar-refractivity contribution < 1.29 is 23.4 Å². The highest BCUT2D eigenvalue weighted by Crippen LogP contribution is 2.59. The Labute approximate surface area is 192 Å². The molecule has 2 saturated carbocycles. The standard InChI is InChI=1S/C21H29F3N6O4/c1-11-15(31)28-20(27-11)9-19(10-20)6-3-12(4-7-19)30-17(33)13(14(25)26)16(32)29(18(30)34)8-2-5-21(22,23)24/h12,15,28,31-32H,2-10H2,1H3,(H3,25,26). The first-order valence-electron chi connectivity index (χ1n) is 11.3. The number of aliphatic hydroxyl groups excluding tert-OH is 1. The van der Waals surface area contributed by atoms with Crippen molar-refractivity contribution in [1.29, 1.82) is 5.41 Å². The fraction of sp³-hybridized carbons (Fsp3) is 0.714. The number of alkyl halides is 3. The molecule has 0 saturated heterocycles. The van der Waals surface area contributed by atoms with Crippen LogP contribution in [0.4, 0.5) is 13.2 Å². The highest BCUT2D eigenvalue weighted by molar-refractivity contribution is 5.96. The Kier molecular flexibility index (Phi) is 5.91. The monoisotopic (exact) mass is 486 g/mol. The second-order valence-corrected chi connectivity index (χ2v) is 9.86. The van der Waals surface area contributed by atoms with Crippen LogP contribution in [-0.4, -0.2) is 49.0 Å². The molecule has 13 heteroatoms. The molecule has 4 rings (SSSR count). The van der Waals surface area contributed by atoms with Crippen molar-refractivity contribution in [1.82, 2.24) is 14.5 Å². The van der Waals surface area contributed by atoms with Gasteiger partial charge in [0, 0.05) is 19.0 Å². The third kappa shape index (κ3) is 4.26. The van der Waals surface area contributed by atoms with E-state index in [4.69, 9.17) is 11.1 Å². The first-order chi connectivity index (χ1) is 15.8. The van der Waals surface area contributed by atoms with Crippen LogP contribution in [0, 0.1) is 10.8 Å². The second-order valence-electron chi connectivity index (χ2n) is 9.86. The quantitative estimate of drug-likeness (QED) is 0.312. The molecule has 1 aliphatic heterocycles. The van der Waals surface area contributed by atoms with E-state index < -0.39 is 72.0 Å². The van der Waals surface area contributed by atoms with Crippen LogP contribution in [0.25, 0.3) is 0 Å². The van der Waals surface area contributed by atoms with E-state index in [1.54, 1.807) is 6.92 Å². The minimum absolute atomic E-state index is 0.0347. The van der Waals surface area contributed by atoms with Gasteiger partial charge in [0.2, 0.25) is 5.88 Å². The number of amidine groups is 1. The van der Waals surface area contributed by atoms with Crippen LogP contribution in [0.5, 0.6) is 5.88 Å². The summed E-state index contributed by atoms with van der Waals surface area (Å²) >= 11 is 0. The summed E-state index contributed by atoms with van der Waals surface area (Å²) in [5.74, 6) is -1.64. The van der Waals surface area contributed by atoms with Crippen LogP contribution in [0.3, 0.4) is 0 Å². The summed E-state index contributed by atoms with van der Waals surface area (Å²) in [6.07, 6.45) is -3.02. The summed E-state index contributed by atoms with van der Waals surface area (Å²) in [7, 11) is 0. The van der Waals surface area contributed by atoms with E-state index in [0.29, 0.717) is 36.0 Å². The van der Waals surface area contributed by atoms with Crippen molar-refractivity contribution in [3.8, 4) is 5.88 Å². The predicted octanol–water partition coefficient (Wildman–Crippen LogP) is 1.32. The van der Waals surface area contributed by atoms with Gasteiger partial charge in [-0.2, -0.15) is 13.2 Å². The van der Waals surface area contributed by atoms with E-state index >= 15 is 0 Å². The van der Waals surface area contributed by atoms with Gasteiger partial charge in [0.05, 0.1) is 5.71 Å². The number of aliphatic imine (C=N–C) groups is 1. The third-order valence-corrected chi connectivity index (χ3v) is 7.37. The minimum atomic E-state index is -4.43. The van der Waals surface area contributed by atoms with Crippen LogP contribution in [0.1, 0.15) is 69.9 Å². The van der Waals surface area contributed by atoms with E-state index in [1.807, 2.05) is 0 Å². The van der Waals surface area contributed by atoms with Crippen LogP contribution in [0.2, 0.25) is 0 Å². The molecule has 10 nitrogen and oxygen atoms in total. The average Bonchev–Trinajstić information content (AvgIpc) is 2.98. The van der Waals surface area contributed by atoms with Gasteiger partial charge in [-0.15, -0.1) is 0 Å². The fourth-order valence-corrected chi connectivity index (χ4v) is 5.84. The van der Waals surface area contributed by atoms with Crippen LogP contribution in [0.15, 0.2) is 14.6 Å². The number of nitrogens with zero attached hydrogens (tertiary/aromatic N) is 3. The molecule has 1 aromatic heterocycles. The van der Waals surface area contributed by atoms with Gasteiger partial charge in [-0.3, -0.25) is 29.6 Å². The first-order valence-corrected chi connectivity index (χ1v) is 11.3. The molecule has 1 atom stereocenters. The second kappa shape index (κ2) is 8.22. The number of hydrogen-bond donors (Lipinski definition) is 5. The Hall–Kier alpha value is -2.67. The van der Waals surface area contributed by atoms with E-state index in [-0.39, 0.29) is 5.41 Å². The zero-order valence-electron chi connectivity index (χ0n) is 18.8. The Balaban J connectivity index is 1.56. The largest absolute Gasteiger partial charge is 0.494 e. The Morgan fingerprint density at radius 3 is 2.41 bits per heavy atom. The molecule has 0 radical (unpaired) electrons. The number of nitrogens with one attached hydrogen (secondary N) is 2. The van der Waals surface area contributed by atoms with Crippen molar-refractivity contribution in [2.75, 3.05) is 0 Å². The third-order valence-electron chi connectivity index (χ3n) is 7.37. The van der Waals surface area contributed by atoms with Crippen molar-refractivity contribution in [2.24, 2.45) is 16.1 Å². The smallest absolute Gasteiger partial charge is 0.389 e. The fourth-order valence-electron chi connectivity index (χ4n) is 5.84. The molecule has 1 aromatic rings. The normalized spacial score (nSPS) is 31.0. The summed E-state index contributed by atoms with van der Waals surface area (Å²) in [6, 6.07) is -0.526. The average molecular weight is 486 g/mol. The van der Waals surface area contributed by atoms with Crippen molar-refractivity contribution in [2.45, 2.75) is 88.9 Å². The highest BCUT2D eigenvalue weighted by Gasteiger charge is 2.58. The lowest BCUT2D eigenvalue weighted by atomic mass is 9.55. The maximum Gasteiger partial charge on any atom is 0.389 e. The molecule has 34 heavy (non-hydrogen) atoms. The molecule has 188 valence electrons. The van der Waals surface area contributed by atoms with E-state index in [0.717, 1.165) is 17.4 Å². The van der Waals surface area contributed by atoms with Crippen LogP contribution < -0.4 is 22.3 Å². The molecule has 0 amide bonds. The van der Waals surface area contributed by atoms with Gasteiger partial charge in [-0.25, -0.2) is 4.79 Å². The lowest BCUT2D eigenvalue weighted by molar-refractivity contribution is -0.136. The van der Waals surface area contributed by atoms with Gasteiger partial charge in [0.1, 0.15) is 23.3 Å². The van der Waals surface area contributed by atoms with E-state index in [2.05, 4.69) is 10.3 Å². The summed E-state index contributed by atoms with van der Waals surface area (Å²) < 4.78 is 39.4. The summed E-state index contributed by atoms with van der Waals surface area (Å²) in [6.45, 7) is 1.30. The van der Waals surface area contributed by atoms with Crippen molar-refractivity contribution in [3.63, 3.8) is 0 Å². The number of aliphatic hydroxyl groups is 1. The predicted molar refractivity (Wildman–Crippen MR) is 117 cm³/mol. The molecular weight excluding hydrogens is 457 g/mol. The lowest BCUT2D eigenvalue weighted by Crippen LogP contribution is -2.60. The summed E-state index contributed by atoms with van der Waals surface area (Å²) in [4.78, 5) is 30.6. The Morgan fingerprint density at radius 1 is 1.29 bits per heavy atom. The summed E-state index contributed by atoms with van der Waals surface area (Å²) in [5, 5.41) is 31.1. The van der Waals surface area contributed by atoms with Gasteiger partial charge >= 0.3 is 11.9 Å². The Bertz CT molecular complexity index is 1140. The number of nitrogens with two attached hydrogens (primary N) is 1. The number of halogens is 3. The van der Waals surface area contributed by atoms with Crippen molar-refractivity contribution >= 4 is 11.5 Å². The van der Waals surface area contributed by atoms with Crippen molar-refractivity contribution in [3.05, 3.63) is 26.4 Å². The molecule has 0 bridgehead atoms. The number of hydrogen-bond acceptors (Lipinski definition) is 7. The number of rotatable bonds is 5. The first kappa shape index (κ1) is 24.5. The minimum Gasteiger partial charge on any atom is -0.494 e. The molecule has 0 aromatic carbocycles. The van der Waals surface area contributed by atoms with Gasteiger partial charge in [-0.05, 0) is 57.3 Å². The molecule has 2 spiro atoms. The van der Waals surface area contributed by atoms with Gasteiger partial charge in [-0.1, -0.05) is 0 Å². The highest BCUT2D eigenvalue weighted by atomic mass is 19.4. The van der Waals surface area contributed by atoms with Gasteiger partial charge in [0.15, 0.2) is 0 Å². The summed E-state index contributed by atoms with van der Waals surface area (Å²) in [5.41, 5.74) is 3.21. The maximum absolute atomic E-state index is 13.1. The lowest BCUT2D eigenvalue weighted by Gasteiger charge is -2.56. The van der Waals surface area contributed by atoms with E-state index in [9.17, 15) is 33.0 Å². The van der Waals surface area contributed by atoms with Crippen LogP contribution in [-0.2, 0) is 6.54 Å².